The third-order valence-electron chi connectivity index (χ3n) is 5.90. The minimum absolute atomic E-state index is 0.112. The molecule has 3 aliphatic rings. The van der Waals surface area contributed by atoms with E-state index < -0.39 is 5.60 Å². The third-order valence-corrected chi connectivity index (χ3v) is 5.90. The molecule has 3 heterocycles. The van der Waals surface area contributed by atoms with Gasteiger partial charge in [0.1, 0.15) is 5.75 Å². The van der Waals surface area contributed by atoms with Gasteiger partial charge in [-0.15, -0.1) is 0 Å². The molecule has 0 aliphatic carbocycles. The van der Waals surface area contributed by atoms with Crippen molar-refractivity contribution < 1.29 is 19.4 Å². The van der Waals surface area contributed by atoms with Crippen LogP contribution in [-0.4, -0.2) is 66.4 Å². The fraction of sp³-hybridized carbons (Fsp3) is 0.632. The molecule has 0 aromatic heterocycles. The highest BCUT2D eigenvalue weighted by Gasteiger charge is 2.50. The standard InChI is InChI=1S/C19H26N2O4/c1-24-17-6-2-14(3-7-17)19(23)12-15-4-5-16(13-19)21(15)18(22)20-8-10-25-11-9-20/h2-3,6-7,15-16,23H,4-5,8-13H2,1H3. The summed E-state index contributed by atoms with van der Waals surface area (Å²) < 4.78 is 10.6. The highest BCUT2D eigenvalue weighted by atomic mass is 16.5. The van der Waals surface area contributed by atoms with Gasteiger partial charge in [0.25, 0.3) is 0 Å². The van der Waals surface area contributed by atoms with Gasteiger partial charge >= 0.3 is 6.03 Å². The van der Waals surface area contributed by atoms with Crippen LogP contribution in [0.2, 0.25) is 0 Å². The number of ether oxygens (including phenoxy) is 2. The second kappa shape index (κ2) is 6.50. The topological polar surface area (TPSA) is 62.2 Å². The highest BCUT2D eigenvalue weighted by molar-refractivity contribution is 5.76. The number of hydrogen-bond acceptors (Lipinski definition) is 4. The maximum Gasteiger partial charge on any atom is 0.320 e. The monoisotopic (exact) mass is 346 g/mol. The van der Waals surface area contributed by atoms with Crippen molar-refractivity contribution in [2.24, 2.45) is 0 Å². The summed E-state index contributed by atoms with van der Waals surface area (Å²) in [5.74, 6) is 0.787. The van der Waals surface area contributed by atoms with Crippen LogP contribution in [0.15, 0.2) is 24.3 Å². The quantitative estimate of drug-likeness (QED) is 0.889. The van der Waals surface area contributed by atoms with Gasteiger partial charge in [-0.25, -0.2) is 4.79 Å². The lowest BCUT2D eigenvalue weighted by Gasteiger charge is -2.46. The Morgan fingerprint density at radius 2 is 1.76 bits per heavy atom. The predicted molar refractivity (Wildman–Crippen MR) is 92.6 cm³/mol. The van der Waals surface area contributed by atoms with Crippen molar-refractivity contribution in [3.05, 3.63) is 29.8 Å². The first-order valence-electron chi connectivity index (χ1n) is 9.12. The molecule has 1 aromatic rings. The molecule has 6 heteroatoms. The molecule has 2 bridgehead atoms. The molecule has 6 nitrogen and oxygen atoms in total. The molecule has 2 unspecified atom stereocenters. The van der Waals surface area contributed by atoms with E-state index in [-0.39, 0.29) is 18.1 Å². The maximum atomic E-state index is 12.9. The van der Waals surface area contributed by atoms with E-state index in [9.17, 15) is 9.90 Å². The molecule has 136 valence electrons. The summed E-state index contributed by atoms with van der Waals surface area (Å²) in [5, 5.41) is 11.3. The molecule has 4 rings (SSSR count). The van der Waals surface area contributed by atoms with Crippen LogP contribution in [0.5, 0.6) is 5.75 Å². The minimum Gasteiger partial charge on any atom is -0.497 e. The average molecular weight is 346 g/mol. The van der Waals surface area contributed by atoms with Crippen LogP contribution in [0, 0.1) is 0 Å². The van der Waals surface area contributed by atoms with Gasteiger partial charge in [-0.1, -0.05) is 12.1 Å². The number of carbonyl (C=O) groups excluding carboxylic acids is 1. The SMILES string of the molecule is COc1ccc(C2(O)CC3CCC(C2)N3C(=O)N2CCOCC2)cc1. The molecular formula is C19H26N2O4. The van der Waals surface area contributed by atoms with Crippen molar-refractivity contribution in [1.82, 2.24) is 9.80 Å². The van der Waals surface area contributed by atoms with Crippen molar-refractivity contribution >= 4 is 6.03 Å². The number of morpholine rings is 1. The zero-order valence-electron chi connectivity index (χ0n) is 14.7. The normalized spacial score (nSPS) is 31.9. The van der Waals surface area contributed by atoms with Crippen LogP contribution in [0.3, 0.4) is 0 Å². The molecule has 0 saturated carbocycles. The van der Waals surface area contributed by atoms with E-state index in [1.54, 1.807) is 7.11 Å². The van der Waals surface area contributed by atoms with Crippen molar-refractivity contribution in [2.75, 3.05) is 33.4 Å². The fourth-order valence-corrected chi connectivity index (χ4v) is 4.59. The van der Waals surface area contributed by atoms with E-state index in [0.717, 1.165) is 24.2 Å². The molecule has 2 atom stereocenters. The average Bonchev–Trinajstić information content (AvgIpc) is 2.94. The Hall–Kier alpha value is -1.79. The van der Waals surface area contributed by atoms with E-state index >= 15 is 0 Å². The molecule has 25 heavy (non-hydrogen) atoms. The Kier molecular flexibility index (Phi) is 4.33. The van der Waals surface area contributed by atoms with E-state index in [1.165, 1.54) is 0 Å². The molecular weight excluding hydrogens is 320 g/mol. The number of hydrogen-bond donors (Lipinski definition) is 1. The maximum absolute atomic E-state index is 12.9. The summed E-state index contributed by atoms with van der Waals surface area (Å²) in [7, 11) is 1.64. The van der Waals surface area contributed by atoms with E-state index in [4.69, 9.17) is 9.47 Å². The van der Waals surface area contributed by atoms with Gasteiger partial charge in [0, 0.05) is 38.0 Å². The zero-order valence-corrected chi connectivity index (χ0v) is 14.7. The summed E-state index contributed by atoms with van der Waals surface area (Å²) in [6.45, 7) is 2.56. The number of carbonyl (C=O) groups is 1. The Morgan fingerprint density at radius 3 is 2.32 bits per heavy atom. The van der Waals surface area contributed by atoms with Crippen LogP contribution in [0.4, 0.5) is 4.79 Å². The van der Waals surface area contributed by atoms with Gasteiger partial charge in [0.2, 0.25) is 0 Å². The smallest absolute Gasteiger partial charge is 0.320 e. The zero-order chi connectivity index (χ0) is 17.4. The van der Waals surface area contributed by atoms with Crippen molar-refractivity contribution in [3.8, 4) is 5.75 Å². The molecule has 3 fully saturated rings. The Morgan fingerprint density at radius 1 is 1.16 bits per heavy atom. The number of benzene rings is 1. The number of methoxy groups -OCH3 is 1. The number of amides is 2. The molecule has 0 radical (unpaired) electrons. The summed E-state index contributed by atoms with van der Waals surface area (Å²) in [4.78, 5) is 16.9. The molecule has 1 aromatic carbocycles. The van der Waals surface area contributed by atoms with Gasteiger partial charge in [0.05, 0.1) is 25.9 Å². The molecule has 3 saturated heterocycles. The number of piperidine rings is 1. The number of rotatable bonds is 2. The number of urea groups is 1. The molecule has 3 aliphatic heterocycles. The first kappa shape index (κ1) is 16.7. The molecule has 2 amide bonds. The van der Waals surface area contributed by atoms with Gasteiger partial charge in [-0.3, -0.25) is 0 Å². The fourth-order valence-electron chi connectivity index (χ4n) is 4.59. The second-order valence-corrected chi connectivity index (χ2v) is 7.34. The van der Waals surface area contributed by atoms with Gasteiger partial charge in [-0.2, -0.15) is 0 Å². The minimum atomic E-state index is -0.861. The lowest BCUT2D eigenvalue weighted by molar-refractivity contribution is -0.0506. The van der Waals surface area contributed by atoms with Gasteiger partial charge < -0.3 is 24.4 Å². The third kappa shape index (κ3) is 2.98. The van der Waals surface area contributed by atoms with E-state index in [1.807, 2.05) is 34.1 Å². The number of aliphatic hydroxyl groups is 1. The van der Waals surface area contributed by atoms with E-state index in [0.29, 0.717) is 39.1 Å². The first-order chi connectivity index (χ1) is 12.1. The van der Waals surface area contributed by atoms with Crippen molar-refractivity contribution in [2.45, 2.75) is 43.4 Å². The first-order valence-corrected chi connectivity index (χ1v) is 9.12. The van der Waals surface area contributed by atoms with Gasteiger partial charge in [-0.05, 0) is 30.5 Å². The lowest BCUT2D eigenvalue weighted by atomic mass is 9.80. The Labute approximate surface area is 148 Å². The Balaban J connectivity index is 1.51. The number of nitrogens with zero attached hydrogens (tertiary/aromatic N) is 2. The largest absolute Gasteiger partial charge is 0.497 e. The van der Waals surface area contributed by atoms with Crippen LogP contribution in [-0.2, 0) is 10.3 Å². The van der Waals surface area contributed by atoms with Crippen LogP contribution >= 0.6 is 0 Å². The second-order valence-electron chi connectivity index (χ2n) is 7.34. The molecule has 0 spiro atoms. The highest BCUT2D eigenvalue weighted by Crippen LogP contribution is 2.46. The predicted octanol–water partition coefficient (Wildman–Crippen LogP) is 1.96. The lowest BCUT2D eigenvalue weighted by Crippen LogP contribution is -2.57. The van der Waals surface area contributed by atoms with E-state index in [2.05, 4.69) is 0 Å². The van der Waals surface area contributed by atoms with Crippen LogP contribution in [0.1, 0.15) is 31.2 Å². The van der Waals surface area contributed by atoms with Crippen molar-refractivity contribution in [1.29, 1.82) is 0 Å². The van der Waals surface area contributed by atoms with Crippen molar-refractivity contribution in [3.63, 3.8) is 0 Å². The van der Waals surface area contributed by atoms with Crippen LogP contribution < -0.4 is 4.74 Å². The summed E-state index contributed by atoms with van der Waals surface area (Å²) in [5.41, 5.74) is 0.0588. The summed E-state index contributed by atoms with van der Waals surface area (Å²) in [6, 6.07) is 8.01. The molecule has 1 N–H and O–H groups in total. The summed E-state index contributed by atoms with van der Waals surface area (Å²) in [6.07, 6.45) is 3.15. The summed E-state index contributed by atoms with van der Waals surface area (Å²) >= 11 is 0. The number of fused-ring (bicyclic) bond motifs is 2. The Bertz CT molecular complexity index is 613. The van der Waals surface area contributed by atoms with Crippen LogP contribution in [0.25, 0.3) is 0 Å². The van der Waals surface area contributed by atoms with Gasteiger partial charge in [0.15, 0.2) is 0 Å².